The van der Waals surface area contributed by atoms with Gasteiger partial charge in [-0.25, -0.2) is 4.79 Å². The van der Waals surface area contributed by atoms with Crippen molar-refractivity contribution >= 4 is 23.5 Å². The van der Waals surface area contributed by atoms with E-state index in [1.807, 2.05) is 0 Å². The van der Waals surface area contributed by atoms with E-state index in [1.165, 1.54) is 13.2 Å². The lowest BCUT2D eigenvalue weighted by molar-refractivity contribution is -0.146. The summed E-state index contributed by atoms with van der Waals surface area (Å²) in [6.07, 6.45) is 0.000767. The molecule has 2 aromatic rings. The molecular formula is C21H21NO7. The maximum absolute atomic E-state index is 12.1. The van der Waals surface area contributed by atoms with Gasteiger partial charge in [0, 0.05) is 5.69 Å². The Morgan fingerprint density at radius 2 is 1.79 bits per heavy atom. The number of hydrogen-bond donors (Lipinski definition) is 1. The number of aryl methyl sites for hydroxylation is 1. The molecular weight excluding hydrogens is 378 g/mol. The molecule has 1 aliphatic rings. The van der Waals surface area contributed by atoms with Gasteiger partial charge in [0.25, 0.3) is 5.91 Å². The van der Waals surface area contributed by atoms with Crippen LogP contribution in [0.3, 0.4) is 0 Å². The Kier molecular flexibility index (Phi) is 6.33. The molecule has 152 valence electrons. The van der Waals surface area contributed by atoms with E-state index in [0.29, 0.717) is 41.5 Å². The maximum Gasteiger partial charge on any atom is 0.337 e. The largest absolute Gasteiger partial charge is 0.486 e. The van der Waals surface area contributed by atoms with E-state index in [-0.39, 0.29) is 6.42 Å². The number of esters is 2. The molecule has 0 aliphatic carbocycles. The number of carbonyl (C=O) groups excluding carboxylic acids is 3. The topological polar surface area (TPSA) is 100 Å². The van der Waals surface area contributed by atoms with Gasteiger partial charge in [-0.2, -0.15) is 0 Å². The normalized spacial score (nSPS) is 12.1. The quantitative estimate of drug-likeness (QED) is 0.744. The van der Waals surface area contributed by atoms with Crippen LogP contribution in [-0.2, 0) is 25.5 Å². The highest BCUT2D eigenvalue weighted by Gasteiger charge is 2.15. The fourth-order valence-electron chi connectivity index (χ4n) is 2.75. The lowest BCUT2D eigenvalue weighted by Crippen LogP contribution is -2.22. The molecule has 0 fully saturated rings. The van der Waals surface area contributed by atoms with Crippen molar-refractivity contribution in [2.45, 2.75) is 13.3 Å². The summed E-state index contributed by atoms with van der Waals surface area (Å²) in [6, 6.07) is 10.0. The predicted molar refractivity (Wildman–Crippen MR) is 103 cm³/mol. The van der Waals surface area contributed by atoms with Gasteiger partial charge in [-0.1, -0.05) is 12.1 Å². The zero-order valence-electron chi connectivity index (χ0n) is 16.2. The third-order valence-corrected chi connectivity index (χ3v) is 4.25. The summed E-state index contributed by atoms with van der Waals surface area (Å²) < 4.78 is 20.6. The Morgan fingerprint density at radius 3 is 2.55 bits per heavy atom. The summed E-state index contributed by atoms with van der Waals surface area (Å²) in [5, 5.41) is 2.63. The molecule has 0 atom stereocenters. The Hall–Kier alpha value is -3.55. The van der Waals surface area contributed by atoms with Crippen LogP contribution in [0.25, 0.3) is 0 Å². The number of nitrogens with one attached hydrogen (secondary N) is 1. The van der Waals surface area contributed by atoms with E-state index < -0.39 is 24.5 Å². The molecule has 2 aromatic carbocycles. The van der Waals surface area contributed by atoms with Gasteiger partial charge >= 0.3 is 11.9 Å². The predicted octanol–water partition coefficient (Wildman–Crippen LogP) is 2.28. The number of carbonyl (C=O) groups is 3. The standard InChI is InChI=1S/C21H21NO7/c1-13-3-5-15(21(25)26-2)11-16(13)22-19(23)12-29-20(24)10-14-4-6-17-18(9-14)28-8-7-27-17/h3-6,9,11H,7-8,10,12H2,1-2H3,(H,22,23). The van der Waals surface area contributed by atoms with Crippen LogP contribution in [0.4, 0.5) is 5.69 Å². The van der Waals surface area contributed by atoms with Crippen LogP contribution in [0.5, 0.6) is 11.5 Å². The van der Waals surface area contributed by atoms with Gasteiger partial charge in [0.1, 0.15) is 13.2 Å². The molecule has 0 saturated heterocycles. The van der Waals surface area contributed by atoms with Crippen LogP contribution in [0, 0.1) is 6.92 Å². The number of anilines is 1. The number of amides is 1. The minimum Gasteiger partial charge on any atom is -0.486 e. The van der Waals surface area contributed by atoms with Crippen molar-refractivity contribution in [1.29, 1.82) is 0 Å². The highest BCUT2D eigenvalue weighted by atomic mass is 16.6. The van der Waals surface area contributed by atoms with Crippen LogP contribution in [-0.4, -0.2) is 44.8 Å². The van der Waals surface area contributed by atoms with E-state index in [0.717, 1.165) is 5.56 Å². The molecule has 1 heterocycles. The van der Waals surface area contributed by atoms with Crippen molar-refractivity contribution in [3.8, 4) is 11.5 Å². The average molecular weight is 399 g/mol. The third-order valence-electron chi connectivity index (χ3n) is 4.25. The van der Waals surface area contributed by atoms with E-state index in [9.17, 15) is 14.4 Å². The molecule has 0 unspecified atom stereocenters. The van der Waals surface area contributed by atoms with Crippen molar-refractivity contribution in [3.05, 3.63) is 53.1 Å². The van der Waals surface area contributed by atoms with E-state index >= 15 is 0 Å². The van der Waals surface area contributed by atoms with Crippen LogP contribution in [0.2, 0.25) is 0 Å². The molecule has 0 saturated carbocycles. The van der Waals surface area contributed by atoms with Crippen LogP contribution < -0.4 is 14.8 Å². The second-order valence-corrected chi connectivity index (χ2v) is 6.38. The molecule has 0 bridgehead atoms. The number of fused-ring (bicyclic) bond motifs is 1. The number of rotatable bonds is 6. The second-order valence-electron chi connectivity index (χ2n) is 6.38. The highest BCUT2D eigenvalue weighted by molar-refractivity contribution is 5.96. The highest BCUT2D eigenvalue weighted by Crippen LogP contribution is 2.30. The molecule has 8 nitrogen and oxygen atoms in total. The minimum atomic E-state index is -0.545. The summed E-state index contributed by atoms with van der Waals surface area (Å²) in [6.45, 7) is 2.29. The van der Waals surface area contributed by atoms with Crippen molar-refractivity contribution in [1.82, 2.24) is 0 Å². The molecule has 0 aromatic heterocycles. The van der Waals surface area contributed by atoms with Gasteiger partial charge in [0.15, 0.2) is 18.1 Å². The summed E-state index contributed by atoms with van der Waals surface area (Å²) in [4.78, 5) is 35.8. The van der Waals surface area contributed by atoms with Crippen molar-refractivity contribution < 1.29 is 33.3 Å². The number of methoxy groups -OCH3 is 1. The Balaban J connectivity index is 1.53. The van der Waals surface area contributed by atoms with Gasteiger partial charge in [0.05, 0.1) is 19.1 Å². The molecule has 0 radical (unpaired) electrons. The first-order valence-corrected chi connectivity index (χ1v) is 8.99. The molecule has 0 spiro atoms. The fraction of sp³-hybridized carbons (Fsp3) is 0.286. The fourth-order valence-corrected chi connectivity index (χ4v) is 2.75. The van der Waals surface area contributed by atoms with Gasteiger partial charge in [-0.05, 0) is 42.3 Å². The van der Waals surface area contributed by atoms with Crippen LogP contribution in [0.1, 0.15) is 21.5 Å². The number of benzene rings is 2. The molecule has 1 N–H and O–H groups in total. The number of hydrogen-bond acceptors (Lipinski definition) is 7. The van der Waals surface area contributed by atoms with E-state index in [4.69, 9.17) is 14.2 Å². The maximum atomic E-state index is 12.1. The van der Waals surface area contributed by atoms with Crippen LogP contribution in [0.15, 0.2) is 36.4 Å². The van der Waals surface area contributed by atoms with Gasteiger partial charge < -0.3 is 24.3 Å². The van der Waals surface area contributed by atoms with E-state index in [1.54, 1.807) is 37.3 Å². The van der Waals surface area contributed by atoms with Gasteiger partial charge in [-0.15, -0.1) is 0 Å². The third kappa shape index (κ3) is 5.25. The summed E-state index contributed by atoms with van der Waals surface area (Å²) >= 11 is 0. The molecule has 1 amide bonds. The summed E-state index contributed by atoms with van der Waals surface area (Å²) in [7, 11) is 1.28. The smallest absolute Gasteiger partial charge is 0.337 e. The number of ether oxygens (including phenoxy) is 4. The average Bonchev–Trinajstić information content (AvgIpc) is 2.73. The zero-order valence-corrected chi connectivity index (χ0v) is 16.2. The zero-order chi connectivity index (χ0) is 20.8. The first-order chi connectivity index (χ1) is 14.0. The molecule has 29 heavy (non-hydrogen) atoms. The van der Waals surface area contributed by atoms with Crippen molar-refractivity contribution in [3.63, 3.8) is 0 Å². The van der Waals surface area contributed by atoms with E-state index in [2.05, 4.69) is 10.1 Å². The summed E-state index contributed by atoms with van der Waals surface area (Å²) in [5.41, 5.74) is 2.21. The Bertz CT molecular complexity index is 939. The molecule has 3 rings (SSSR count). The van der Waals surface area contributed by atoms with Gasteiger partial charge in [0.2, 0.25) is 0 Å². The first-order valence-electron chi connectivity index (χ1n) is 8.99. The molecule has 8 heteroatoms. The minimum absolute atomic E-state index is 0.000767. The molecule has 1 aliphatic heterocycles. The lowest BCUT2D eigenvalue weighted by Gasteiger charge is -2.18. The SMILES string of the molecule is COC(=O)c1ccc(C)c(NC(=O)COC(=O)Cc2ccc3c(c2)OCCO3)c1. The lowest BCUT2D eigenvalue weighted by atomic mass is 10.1. The monoisotopic (exact) mass is 399 g/mol. The van der Waals surface area contributed by atoms with Crippen molar-refractivity contribution in [2.75, 3.05) is 32.2 Å². The Morgan fingerprint density at radius 1 is 1.03 bits per heavy atom. The van der Waals surface area contributed by atoms with Crippen molar-refractivity contribution in [2.24, 2.45) is 0 Å². The first kappa shape index (κ1) is 20.2. The van der Waals surface area contributed by atoms with Crippen LogP contribution >= 0.6 is 0 Å². The second kappa shape index (κ2) is 9.09. The Labute approximate surface area is 167 Å². The summed E-state index contributed by atoms with van der Waals surface area (Å²) in [5.74, 6) is -0.341. The van der Waals surface area contributed by atoms with Gasteiger partial charge in [-0.3, -0.25) is 9.59 Å².